The van der Waals surface area contributed by atoms with Crippen molar-refractivity contribution in [1.29, 1.82) is 0 Å². The molecule has 0 bridgehead atoms. The highest BCUT2D eigenvalue weighted by Gasteiger charge is 2.09. The van der Waals surface area contributed by atoms with E-state index in [1.54, 1.807) is 36.8 Å². The van der Waals surface area contributed by atoms with E-state index in [9.17, 15) is 4.79 Å². The van der Waals surface area contributed by atoms with Crippen molar-refractivity contribution in [3.05, 3.63) is 109 Å². The summed E-state index contributed by atoms with van der Waals surface area (Å²) in [6, 6.07) is 12.8. The maximum absolute atomic E-state index is 12.4. The maximum atomic E-state index is 12.4. The zero-order valence-corrected chi connectivity index (χ0v) is 16.4. The number of rotatable bonds is 8. The van der Waals surface area contributed by atoms with Gasteiger partial charge in [0.1, 0.15) is 0 Å². The van der Waals surface area contributed by atoms with Gasteiger partial charge in [-0.25, -0.2) is 9.97 Å². The van der Waals surface area contributed by atoms with Crippen LogP contribution in [0.15, 0.2) is 97.8 Å². The van der Waals surface area contributed by atoms with E-state index in [0.29, 0.717) is 23.8 Å². The third-order valence-electron chi connectivity index (χ3n) is 4.16. The number of amides is 1. The van der Waals surface area contributed by atoms with E-state index in [2.05, 4.69) is 38.7 Å². The quantitative estimate of drug-likeness (QED) is 0.502. The van der Waals surface area contributed by atoms with Gasteiger partial charge < -0.3 is 16.4 Å². The van der Waals surface area contributed by atoms with Crippen molar-refractivity contribution in [1.82, 2.24) is 20.3 Å². The largest absolute Gasteiger partial charge is 0.398 e. The Kier molecular flexibility index (Phi) is 6.68. The third kappa shape index (κ3) is 5.39. The van der Waals surface area contributed by atoms with Crippen LogP contribution in [0.2, 0.25) is 0 Å². The Bertz CT molecular complexity index is 1070. The molecule has 0 unspecified atom stereocenters. The molecule has 0 radical (unpaired) electrons. The monoisotopic (exact) mass is 398 g/mol. The minimum absolute atomic E-state index is 0.262. The van der Waals surface area contributed by atoms with Crippen LogP contribution in [0.1, 0.15) is 15.9 Å². The molecule has 150 valence electrons. The highest BCUT2D eigenvalue weighted by Crippen LogP contribution is 2.16. The van der Waals surface area contributed by atoms with Gasteiger partial charge in [0.05, 0.1) is 11.4 Å². The van der Waals surface area contributed by atoms with E-state index in [1.807, 2.05) is 30.3 Å². The fourth-order valence-electron chi connectivity index (χ4n) is 2.62. The fraction of sp³-hybridized carbons (Fsp3) is 0.0435. The van der Waals surface area contributed by atoms with Gasteiger partial charge in [0, 0.05) is 42.0 Å². The minimum Gasteiger partial charge on any atom is -0.398 e. The maximum Gasteiger partial charge on any atom is 0.255 e. The van der Waals surface area contributed by atoms with Crippen molar-refractivity contribution < 1.29 is 4.79 Å². The highest BCUT2D eigenvalue weighted by atomic mass is 16.1. The number of hydrogen-bond acceptors (Lipinski definition) is 6. The van der Waals surface area contributed by atoms with Crippen LogP contribution in [0.4, 0.5) is 5.95 Å². The highest BCUT2D eigenvalue weighted by molar-refractivity contribution is 5.95. The number of allylic oxidation sites excluding steroid dienone is 2. The molecule has 2 aromatic heterocycles. The molecule has 3 aromatic rings. The number of anilines is 1. The normalized spacial score (nSPS) is 10.9. The Morgan fingerprint density at radius 3 is 2.60 bits per heavy atom. The summed E-state index contributed by atoms with van der Waals surface area (Å²) in [4.78, 5) is 25.2. The summed E-state index contributed by atoms with van der Waals surface area (Å²) in [7, 11) is 0. The predicted molar refractivity (Wildman–Crippen MR) is 118 cm³/mol. The van der Waals surface area contributed by atoms with Gasteiger partial charge in [-0.1, -0.05) is 31.4 Å². The van der Waals surface area contributed by atoms with Crippen LogP contribution in [0.3, 0.4) is 0 Å². The molecule has 7 nitrogen and oxygen atoms in total. The lowest BCUT2D eigenvalue weighted by molar-refractivity contribution is 0.0966. The molecular weight excluding hydrogens is 376 g/mol. The van der Waals surface area contributed by atoms with Crippen LogP contribution in [0.5, 0.6) is 0 Å². The van der Waals surface area contributed by atoms with Crippen molar-refractivity contribution in [3.63, 3.8) is 0 Å². The lowest BCUT2D eigenvalue weighted by Gasteiger charge is -2.10. The molecule has 30 heavy (non-hydrogen) atoms. The molecule has 0 atom stereocenters. The summed E-state index contributed by atoms with van der Waals surface area (Å²) in [5, 5.41) is 5.91. The number of hydrogen-bond donors (Lipinski definition) is 3. The first kappa shape index (κ1) is 20.5. The number of benzene rings is 1. The van der Waals surface area contributed by atoms with E-state index in [-0.39, 0.29) is 11.6 Å². The van der Waals surface area contributed by atoms with E-state index in [0.717, 1.165) is 16.8 Å². The molecule has 1 aromatic carbocycles. The predicted octanol–water partition coefficient (Wildman–Crippen LogP) is 3.42. The number of carbonyl (C=O) groups excluding carboxylic acids is 1. The van der Waals surface area contributed by atoms with Crippen molar-refractivity contribution in [3.8, 4) is 11.3 Å². The van der Waals surface area contributed by atoms with Crippen molar-refractivity contribution in [2.45, 2.75) is 6.54 Å². The van der Waals surface area contributed by atoms with E-state index >= 15 is 0 Å². The van der Waals surface area contributed by atoms with Gasteiger partial charge in [-0.3, -0.25) is 9.78 Å². The molecule has 1 amide bonds. The summed E-state index contributed by atoms with van der Waals surface area (Å²) < 4.78 is 0. The van der Waals surface area contributed by atoms with E-state index < -0.39 is 0 Å². The summed E-state index contributed by atoms with van der Waals surface area (Å²) in [5.74, 6) is 0.237. The van der Waals surface area contributed by atoms with Crippen LogP contribution >= 0.6 is 0 Å². The molecule has 0 aliphatic heterocycles. The molecule has 3 rings (SSSR count). The number of nitrogens with one attached hydrogen (secondary N) is 2. The van der Waals surface area contributed by atoms with Crippen LogP contribution in [0, 0.1) is 0 Å². The summed E-state index contributed by atoms with van der Waals surface area (Å²) in [5.41, 5.74) is 9.54. The third-order valence-corrected chi connectivity index (χ3v) is 4.16. The second kappa shape index (κ2) is 9.79. The summed E-state index contributed by atoms with van der Waals surface area (Å²) >= 11 is 0. The van der Waals surface area contributed by atoms with Crippen LogP contribution in [0.25, 0.3) is 11.3 Å². The van der Waals surface area contributed by atoms with Gasteiger partial charge >= 0.3 is 0 Å². The summed E-state index contributed by atoms with van der Waals surface area (Å²) in [6.45, 7) is 7.75. The van der Waals surface area contributed by atoms with Gasteiger partial charge in [-0.05, 0) is 42.0 Å². The standard InChI is InChI=1S/C23H22N6O/c1-3-5-20(16(2)24)28-22(30)18-9-7-17(8-10-18)14-27-23-26-13-11-21(29-23)19-6-4-12-25-15-19/h3-13,15H,1-2,14,24H2,(H,28,30)(H,26,27,29)/b20-5+. The summed E-state index contributed by atoms with van der Waals surface area (Å²) in [6.07, 6.45) is 8.30. The SMILES string of the molecule is C=C/C=C(/NC(=O)c1ccc(CNc2nccc(-c3cccnc3)n2)cc1)C(=C)N. The number of aromatic nitrogens is 3. The first-order valence-corrected chi connectivity index (χ1v) is 9.22. The van der Waals surface area contributed by atoms with Crippen LogP contribution < -0.4 is 16.4 Å². The topological polar surface area (TPSA) is 106 Å². The molecule has 2 heterocycles. The Balaban J connectivity index is 1.63. The van der Waals surface area contributed by atoms with E-state index in [4.69, 9.17) is 5.73 Å². The molecule has 0 aliphatic carbocycles. The molecule has 0 aliphatic rings. The van der Waals surface area contributed by atoms with Crippen LogP contribution in [-0.4, -0.2) is 20.9 Å². The minimum atomic E-state index is -0.276. The lowest BCUT2D eigenvalue weighted by Crippen LogP contribution is -2.25. The smallest absolute Gasteiger partial charge is 0.255 e. The number of carbonyl (C=O) groups is 1. The molecule has 0 fully saturated rings. The molecular formula is C23H22N6O. The molecule has 4 N–H and O–H groups in total. The first-order chi connectivity index (χ1) is 14.6. The van der Waals surface area contributed by atoms with Gasteiger partial charge in [0.15, 0.2) is 0 Å². The molecule has 0 saturated heterocycles. The van der Waals surface area contributed by atoms with Crippen LogP contribution in [-0.2, 0) is 6.54 Å². The Labute approximate surface area is 175 Å². The van der Waals surface area contributed by atoms with Gasteiger partial charge in [0.25, 0.3) is 5.91 Å². The zero-order chi connectivity index (χ0) is 21.3. The second-order valence-corrected chi connectivity index (χ2v) is 6.35. The number of pyridine rings is 1. The second-order valence-electron chi connectivity index (χ2n) is 6.35. The average molecular weight is 398 g/mol. The van der Waals surface area contributed by atoms with Crippen molar-refractivity contribution in [2.24, 2.45) is 5.73 Å². The zero-order valence-electron chi connectivity index (χ0n) is 16.4. The van der Waals surface area contributed by atoms with Gasteiger partial charge in [0.2, 0.25) is 5.95 Å². The Morgan fingerprint density at radius 1 is 1.13 bits per heavy atom. The number of nitrogens with two attached hydrogens (primary N) is 1. The van der Waals surface area contributed by atoms with Crippen molar-refractivity contribution >= 4 is 11.9 Å². The fourth-order valence-corrected chi connectivity index (χ4v) is 2.62. The number of nitrogens with zero attached hydrogens (tertiary/aromatic N) is 3. The average Bonchev–Trinajstić information content (AvgIpc) is 2.78. The first-order valence-electron chi connectivity index (χ1n) is 9.22. The van der Waals surface area contributed by atoms with Crippen molar-refractivity contribution in [2.75, 3.05) is 5.32 Å². The molecule has 0 spiro atoms. The van der Waals surface area contributed by atoms with Gasteiger partial charge in [-0.2, -0.15) is 0 Å². The van der Waals surface area contributed by atoms with E-state index in [1.165, 1.54) is 6.08 Å². The van der Waals surface area contributed by atoms with Gasteiger partial charge in [-0.15, -0.1) is 0 Å². The Morgan fingerprint density at radius 2 is 1.93 bits per heavy atom. The molecule has 7 heteroatoms. The molecule has 0 saturated carbocycles. The Hall–Kier alpha value is -4.26. The lowest BCUT2D eigenvalue weighted by atomic mass is 10.1.